The lowest BCUT2D eigenvalue weighted by Gasteiger charge is -1.88. The second-order valence-electron chi connectivity index (χ2n) is 1.56. The molecule has 0 aromatic carbocycles. The van der Waals surface area contributed by atoms with Gasteiger partial charge >= 0.3 is 0 Å². The van der Waals surface area contributed by atoms with E-state index in [1.165, 1.54) is 6.08 Å². The number of hydrogen-bond acceptors (Lipinski definition) is 2. The van der Waals surface area contributed by atoms with Crippen molar-refractivity contribution in [3.63, 3.8) is 0 Å². The van der Waals surface area contributed by atoms with Crippen LogP contribution < -0.4 is 5.73 Å². The van der Waals surface area contributed by atoms with Crippen molar-refractivity contribution in [2.45, 2.75) is 12.8 Å². The molecule has 9 heavy (non-hydrogen) atoms. The number of carbonyl (C=O) groups excluding carboxylic acids is 1. The maximum atomic E-state index is 10.4. The predicted octanol–water partition coefficient (Wildman–Crippen LogP) is 0.902. The standard InChI is InChI=1S/C6H11NO.ClH/c1-2-6(8)4-3-5-7;/h2H,1,3-5,7H2;1H. The molecule has 0 aliphatic carbocycles. The minimum absolute atomic E-state index is 0. The molecule has 0 aromatic rings. The van der Waals surface area contributed by atoms with Gasteiger partial charge < -0.3 is 5.73 Å². The quantitative estimate of drug-likeness (QED) is 0.604. The first-order valence-corrected chi connectivity index (χ1v) is 2.66. The van der Waals surface area contributed by atoms with Crippen LogP contribution in [0.2, 0.25) is 0 Å². The second-order valence-corrected chi connectivity index (χ2v) is 1.56. The van der Waals surface area contributed by atoms with Crippen molar-refractivity contribution < 1.29 is 4.79 Å². The highest BCUT2D eigenvalue weighted by atomic mass is 35.5. The molecular weight excluding hydrogens is 138 g/mol. The van der Waals surface area contributed by atoms with Gasteiger partial charge in [0.05, 0.1) is 0 Å². The molecule has 54 valence electrons. The van der Waals surface area contributed by atoms with Crippen LogP contribution in [-0.4, -0.2) is 12.3 Å². The van der Waals surface area contributed by atoms with E-state index in [4.69, 9.17) is 5.73 Å². The zero-order chi connectivity index (χ0) is 6.41. The molecule has 0 amide bonds. The van der Waals surface area contributed by atoms with E-state index in [1.54, 1.807) is 0 Å². The maximum absolute atomic E-state index is 10.4. The first-order valence-electron chi connectivity index (χ1n) is 2.66. The maximum Gasteiger partial charge on any atom is 0.155 e. The van der Waals surface area contributed by atoms with Gasteiger partial charge in [-0.1, -0.05) is 6.58 Å². The number of allylic oxidation sites excluding steroid dienone is 1. The van der Waals surface area contributed by atoms with Crippen LogP contribution in [0.1, 0.15) is 12.8 Å². The summed E-state index contributed by atoms with van der Waals surface area (Å²) in [6.45, 7) is 3.91. The zero-order valence-corrected chi connectivity index (χ0v) is 6.12. The average molecular weight is 150 g/mol. The number of hydrogen-bond donors (Lipinski definition) is 1. The molecule has 0 radical (unpaired) electrons. The Morgan fingerprint density at radius 3 is 2.56 bits per heavy atom. The fraction of sp³-hybridized carbons (Fsp3) is 0.500. The van der Waals surface area contributed by atoms with Crippen molar-refractivity contribution in [3.05, 3.63) is 12.7 Å². The van der Waals surface area contributed by atoms with E-state index in [-0.39, 0.29) is 18.2 Å². The lowest BCUT2D eigenvalue weighted by molar-refractivity contribution is -0.114. The third kappa shape index (κ3) is 7.66. The van der Waals surface area contributed by atoms with Crippen molar-refractivity contribution in [2.75, 3.05) is 6.54 Å². The molecule has 0 unspecified atom stereocenters. The van der Waals surface area contributed by atoms with E-state index < -0.39 is 0 Å². The van der Waals surface area contributed by atoms with Crippen LogP contribution in [0.15, 0.2) is 12.7 Å². The summed E-state index contributed by atoms with van der Waals surface area (Å²) in [5, 5.41) is 0. The first kappa shape index (κ1) is 11.5. The molecule has 0 aliphatic rings. The minimum atomic E-state index is 0. The molecule has 0 fully saturated rings. The summed E-state index contributed by atoms with van der Waals surface area (Å²) in [6, 6.07) is 0. The molecule has 0 atom stereocenters. The molecule has 0 rings (SSSR count). The van der Waals surface area contributed by atoms with E-state index in [2.05, 4.69) is 6.58 Å². The number of nitrogens with two attached hydrogens (primary N) is 1. The lowest BCUT2D eigenvalue weighted by Crippen LogP contribution is -2.01. The number of rotatable bonds is 4. The van der Waals surface area contributed by atoms with Crippen molar-refractivity contribution in [1.29, 1.82) is 0 Å². The van der Waals surface area contributed by atoms with E-state index in [9.17, 15) is 4.79 Å². The Morgan fingerprint density at radius 2 is 2.22 bits per heavy atom. The Bertz CT molecular complexity index is 93.1. The SMILES string of the molecule is C=CC(=O)CCCN.Cl. The Kier molecular flexibility index (Phi) is 9.75. The van der Waals surface area contributed by atoms with Gasteiger partial charge in [-0.15, -0.1) is 12.4 Å². The molecule has 3 heteroatoms. The fourth-order valence-electron chi connectivity index (χ4n) is 0.378. The van der Waals surface area contributed by atoms with Crippen LogP contribution in [0.5, 0.6) is 0 Å². The molecule has 0 saturated carbocycles. The van der Waals surface area contributed by atoms with Crippen LogP contribution >= 0.6 is 12.4 Å². The number of ketones is 1. The third-order valence-electron chi connectivity index (χ3n) is 0.855. The summed E-state index contributed by atoms with van der Waals surface area (Å²) in [4.78, 5) is 10.4. The fourth-order valence-corrected chi connectivity index (χ4v) is 0.378. The highest BCUT2D eigenvalue weighted by Gasteiger charge is 1.90. The van der Waals surface area contributed by atoms with Gasteiger partial charge in [0.15, 0.2) is 5.78 Å². The smallest absolute Gasteiger partial charge is 0.155 e. The van der Waals surface area contributed by atoms with Crippen molar-refractivity contribution in [1.82, 2.24) is 0 Å². The Labute approximate surface area is 61.5 Å². The summed E-state index contributed by atoms with van der Waals surface area (Å²) in [5.74, 6) is 0.0791. The summed E-state index contributed by atoms with van der Waals surface area (Å²) < 4.78 is 0. The molecule has 2 N–H and O–H groups in total. The summed E-state index contributed by atoms with van der Waals surface area (Å²) in [7, 11) is 0. The van der Waals surface area contributed by atoms with Crippen molar-refractivity contribution in [3.8, 4) is 0 Å². The molecule has 0 spiro atoms. The van der Waals surface area contributed by atoms with Crippen LogP contribution in [-0.2, 0) is 4.79 Å². The first-order chi connectivity index (χ1) is 3.81. The van der Waals surface area contributed by atoms with Crippen LogP contribution in [0, 0.1) is 0 Å². The summed E-state index contributed by atoms with van der Waals surface area (Å²) in [6.07, 6.45) is 2.64. The Morgan fingerprint density at radius 1 is 1.67 bits per heavy atom. The number of carbonyl (C=O) groups is 1. The number of halogens is 1. The van der Waals surface area contributed by atoms with E-state index in [1.807, 2.05) is 0 Å². The van der Waals surface area contributed by atoms with Gasteiger partial charge in [0.1, 0.15) is 0 Å². The summed E-state index contributed by atoms with van der Waals surface area (Å²) in [5.41, 5.74) is 5.14. The molecule has 0 bridgehead atoms. The molecule has 0 aliphatic heterocycles. The van der Waals surface area contributed by atoms with E-state index >= 15 is 0 Å². The van der Waals surface area contributed by atoms with Crippen LogP contribution in [0.3, 0.4) is 0 Å². The van der Waals surface area contributed by atoms with Gasteiger partial charge in [0.2, 0.25) is 0 Å². The molecular formula is C6H12ClNO. The normalized spacial score (nSPS) is 7.67. The lowest BCUT2D eigenvalue weighted by atomic mass is 10.2. The van der Waals surface area contributed by atoms with Crippen LogP contribution in [0.25, 0.3) is 0 Å². The molecule has 0 saturated heterocycles. The van der Waals surface area contributed by atoms with Gasteiger partial charge in [0, 0.05) is 6.42 Å². The Hall–Kier alpha value is -0.340. The monoisotopic (exact) mass is 149 g/mol. The second kappa shape index (κ2) is 7.66. The molecule has 0 aromatic heterocycles. The van der Waals surface area contributed by atoms with E-state index in [0.29, 0.717) is 13.0 Å². The van der Waals surface area contributed by atoms with E-state index in [0.717, 1.165) is 6.42 Å². The van der Waals surface area contributed by atoms with Gasteiger partial charge in [-0.05, 0) is 19.0 Å². The zero-order valence-electron chi connectivity index (χ0n) is 5.30. The highest BCUT2D eigenvalue weighted by molar-refractivity contribution is 5.88. The average Bonchev–Trinajstić information content (AvgIpc) is 1.83. The van der Waals surface area contributed by atoms with Gasteiger partial charge in [-0.3, -0.25) is 4.79 Å². The molecule has 0 heterocycles. The topological polar surface area (TPSA) is 43.1 Å². The summed E-state index contributed by atoms with van der Waals surface area (Å²) >= 11 is 0. The minimum Gasteiger partial charge on any atom is -0.330 e. The molecule has 2 nitrogen and oxygen atoms in total. The van der Waals surface area contributed by atoms with Gasteiger partial charge in [-0.25, -0.2) is 0 Å². The van der Waals surface area contributed by atoms with Gasteiger partial charge in [-0.2, -0.15) is 0 Å². The van der Waals surface area contributed by atoms with Crippen LogP contribution in [0.4, 0.5) is 0 Å². The largest absolute Gasteiger partial charge is 0.330 e. The van der Waals surface area contributed by atoms with Crippen molar-refractivity contribution in [2.24, 2.45) is 5.73 Å². The van der Waals surface area contributed by atoms with Gasteiger partial charge in [0.25, 0.3) is 0 Å². The Balaban J connectivity index is 0. The third-order valence-corrected chi connectivity index (χ3v) is 0.855. The van der Waals surface area contributed by atoms with Crippen molar-refractivity contribution >= 4 is 18.2 Å². The highest BCUT2D eigenvalue weighted by Crippen LogP contribution is 1.87. The predicted molar refractivity (Wildman–Crippen MR) is 40.7 cm³/mol.